The lowest BCUT2D eigenvalue weighted by Crippen LogP contribution is -2.27. The fourth-order valence-electron chi connectivity index (χ4n) is 1.19. The molecule has 0 spiro atoms. The lowest BCUT2D eigenvalue weighted by atomic mass is 10.3. The number of nitrogens with zero attached hydrogens (tertiary/aromatic N) is 1. The molecule has 1 amide bonds. The van der Waals surface area contributed by atoms with Crippen molar-refractivity contribution in [3.05, 3.63) is 36.2 Å². The maximum Gasteiger partial charge on any atom is 0.328 e. The Bertz CT molecular complexity index is 382. The quantitative estimate of drug-likeness (QED) is 0.718. The van der Waals surface area contributed by atoms with Crippen LogP contribution in [0.1, 0.15) is 5.69 Å². The number of hydrogen-bond donors (Lipinski definition) is 2. The standard InChI is InChI=1S/C11H14N2O3/c1-13(10(14)4-5-11(15)16)8-6-9-3-2-7-12-9/h2-5,7,12H,6,8H2,1H3,(H,15,16)/b5-4+. The monoisotopic (exact) mass is 222 g/mol. The van der Waals surface area contributed by atoms with Crippen LogP contribution in [0.2, 0.25) is 0 Å². The smallest absolute Gasteiger partial charge is 0.328 e. The molecule has 86 valence electrons. The molecular formula is C11H14N2O3. The van der Waals surface area contributed by atoms with E-state index in [2.05, 4.69) is 4.98 Å². The Kier molecular flexibility index (Phi) is 4.32. The van der Waals surface area contributed by atoms with Crippen LogP contribution < -0.4 is 0 Å². The van der Waals surface area contributed by atoms with Crippen molar-refractivity contribution in [1.82, 2.24) is 9.88 Å². The number of nitrogens with one attached hydrogen (secondary N) is 1. The van der Waals surface area contributed by atoms with Crippen LogP contribution in [0, 0.1) is 0 Å². The van der Waals surface area contributed by atoms with Crippen LogP contribution >= 0.6 is 0 Å². The number of likely N-dealkylation sites (N-methyl/N-ethyl adjacent to an activating group) is 1. The second kappa shape index (κ2) is 5.75. The molecule has 5 nitrogen and oxygen atoms in total. The Morgan fingerprint density at radius 2 is 2.25 bits per heavy atom. The van der Waals surface area contributed by atoms with Gasteiger partial charge in [-0.1, -0.05) is 0 Å². The van der Waals surface area contributed by atoms with Crippen LogP contribution in [0.15, 0.2) is 30.5 Å². The first-order valence-electron chi connectivity index (χ1n) is 4.88. The topological polar surface area (TPSA) is 73.4 Å². The molecule has 0 unspecified atom stereocenters. The molecule has 0 aliphatic rings. The summed E-state index contributed by atoms with van der Waals surface area (Å²) in [6, 6.07) is 3.83. The second-order valence-corrected chi connectivity index (χ2v) is 3.38. The van der Waals surface area contributed by atoms with Gasteiger partial charge >= 0.3 is 5.97 Å². The first kappa shape index (κ1) is 12.0. The fourth-order valence-corrected chi connectivity index (χ4v) is 1.19. The Hall–Kier alpha value is -2.04. The van der Waals surface area contributed by atoms with Crippen molar-refractivity contribution in [1.29, 1.82) is 0 Å². The maximum atomic E-state index is 11.4. The van der Waals surface area contributed by atoms with Gasteiger partial charge in [-0.2, -0.15) is 0 Å². The van der Waals surface area contributed by atoms with E-state index in [-0.39, 0.29) is 5.91 Å². The molecule has 16 heavy (non-hydrogen) atoms. The first-order chi connectivity index (χ1) is 7.59. The molecule has 0 aliphatic heterocycles. The number of hydrogen-bond acceptors (Lipinski definition) is 2. The number of carboxylic acids is 1. The number of aliphatic carboxylic acids is 1. The largest absolute Gasteiger partial charge is 0.478 e. The van der Waals surface area contributed by atoms with E-state index in [9.17, 15) is 9.59 Å². The van der Waals surface area contributed by atoms with Gasteiger partial charge in [-0.3, -0.25) is 4.79 Å². The van der Waals surface area contributed by atoms with Crippen LogP contribution in [0.4, 0.5) is 0 Å². The lowest BCUT2D eigenvalue weighted by Gasteiger charge is -2.13. The molecule has 0 aliphatic carbocycles. The van der Waals surface area contributed by atoms with E-state index in [1.54, 1.807) is 7.05 Å². The summed E-state index contributed by atoms with van der Waals surface area (Å²) in [7, 11) is 1.64. The highest BCUT2D eigenvalue weighted by molar-refractivity contribution is 5.93. The highest BCUT2D eigenvalue weighted by Gasteiger charge is 2.05. The second-order valence-electron chi connectivity index (χ2n) is 3.38. The molecule has 1 aromatic heterocycles. The summed E-state index contributed by atoms with van der Waals surface area (Å²) in [5, 5.41) is 8.36. The maximum absolute atomic E-state index is 11.4. The zero-order chi connectivity index (χ0) is 12.0. The van der Waals surface area contributed by atoms with E-state index in [4.69, 9.17) is 5.11 Å². The summed E-state index contributed by atoms with van der Waals surface area (Å²) < 4.78 is 0. The number of carboxylic acid groups (broad SMARTS) is 1. The number of aromatic nitrogens is 1. The molecule has 2 N–H and O–H groups in total. The summed E-state index contributed by atoms with van der Waals surface area (Å²) in [5.74, 6) is -1.43. The third-order valence-electron chi connectivity index (χ3n) is 2.12. The Morgan fingerprint density at radius 3 is 2.81 bits per heavy atom. The Morgan fingerprint density at radius 1 is 1.50 bits per heavy atom. The van der Waals surface area contributed by atoms with E-state index in [1.165, 1.54) is 4.90 Å². The van der Waals surface area contributed by atoms with Crippen LogP contribution in [0.3, 0.4) is 0 Å². The van der Waals surface area contributed by atoms with Gasteiger partial charge in [0.1, 0.15) is 0 Å². The molecule has 1 aromatic rings. The van der Waals surface area contributed by atoms with Gasteiger partial charge in [-0.05, 0) is 12.1 Å². The zero-order valence-electron chi connectivity index (χ0n) is 9.01. The van der Waals surface area contributed by atoms with Gasteiger partial charge in [-0.15, -0.1) is 0 Å². The van der Waals surface area contributed by atoms with Crippen molar-refractivity contribution in [2.45, 2.75) is 6.42 Å². The SMILES string of the molecule is CN(CCc1ccc[nH]1)C(=O)/C=C/C(=O)O. The molecule has 1 heterocycles. The van der Waals surface area contributed by atoms with E-state index in [1.807, 2.05) is 18.3 Å². The Labute approximate surface area is 93.4 Å². The number of carbonyl (C=O) groups is 2. The lowest BCUT2D eigenvalue weighted by molar-refractivity contribution is -0.132. The van der Waals surface area contributed by atoms with Crippen molar-refractivity contribution >= 4 is 11.9 Å². The van der Waals surface area contributed by atoms with Crippen molar-refractivity contribution in [3.63, 3.8) is 0 Å². The van der Waals surface area contributed by atoms with Crippen molar-refractivity contribution in [2.24, 2.45) is 0 Å². The van der Waals surface area contributed by atoms with Crippen LogP contribution in [0.5, 0.6) is 0 Å². The third-order valence-corrected chi connectivity index (χ3v) is 2.12. The minimum Gasteiger partial charge on any atom is -0.478 e. The molecule has 0 bridgehead atoms. The van der Waals surface area contributed by atoms with Gasteiger partial charge in [0.25, 0.3) is 0 Å². The Balaban J connectivity index is 2.37. The van der Waals surface area contributed by atoms with Crippen LogP contribution in [-0.4, -0.2) is 40.5 Å². The van der Waals surface area contributed by atoms with Crippen molar-refractivity contribution in [3.8, 4) is 0 Å². The first-order valence-corrected chi connectivity index (χ1v) is 4.88. The molecule has 0 saturated carbocycles. The normalized spacial score (nSPS) is 10.6. The zero-order valence-corrected chi connectivity index (χ0v) is 9.01. The number of rotatable bonds is 5. The molecule has 0 fully saturated rings. The van der Waals surface area contributed by atoms with E-state index in [0.717, 1.165) is 24.3 Å². The van der Waals surface area contributed by atoms with Crippen LogP contribution in [-0.2, 0) is 16.0 Å². The van der Waals surface area contributed by atoms with E-state index >= 15 is 0 Å². The molecule has 5 heteroatoms. The molecule has 1 rings (SSSR count). The predicted molar refractivity (Wildman–Crippen MR) is 58.9 cm³/mol. The fraction of sp³-hybridized carbons (Fsp3) is 0.273. The van der Waals surface area contributed by atoms with Crippen molar-refractivity contribution in [2.75, 3.05) is 13.6 Å². The van der Waals surface area contributed by atoms with E-state index in [0.29, 0.717) is 6.54 Å². The van der Waals surface area contributed by atoms with Gasteiger partial charge in [-0.25, -0.2) is 4.79 Å². The minimum absolute atomic E-state index is 0.311. The molecule has 0 atom stereocenters. The number of H-pyrrole nitrogens is 1. The van der Waals surface area contributed by atoms with Gasteiger partial charge < -0.3 is 15.0 Å². The summed E-state index contributed by atoms with van der Waals surface area (Å²) in [6.07, 6.45) is 4.43. The highest BCUT2D eigenvalue weighted by Crippen LogP contribution is 1.97. The number of carbonyl (C=O) groups excluding carboxylic acids is 1. The molecule has 0 aromatic carbocycles. The van der Waals surface area contributed by atoms with Gasteiger partial charge in [0.05, 0.1) is 0 Å². The molecule has 0 saturated heterocycles. The summed E-state index contributed by atoms with van der Waals surface area (Å²) in [6.45, 7) is 0.545. The van der Waals surface area contributed by atoms with Gasteiger partial charge in [0, 0.05) is 44.1 Å². The number of amides is 1. The van der Waals surface area contributed by atoms with Gasteiger partial charge in [0.15, 0.2) is 0 Å². The summed E-state index contributed by atoms with van der Waals surface area (Å²) in [5.41, 5.74) is 1.04. The molecule has 0 radical (unpaired) electrons. The highest BCUT2D eigenvalue weighted by atomic mass is 16.4. The molecular weight excluding hydrogens is 208 g/mol. The van der Waals surface area contributed by atoms with Crippen molar-refractivity contribution < 1.29 is 14.7 Å². The average Bonchev–Trinajstić information content (AvgIpc) is 2.75. The van der Waals surface area contributed by atoms with E-state index < -0.39 is 5.97 Å². The minimum atomic E-state index is -1.12. The van der Waals surface area contributed by atoms with Crippen LogP contribution in [0.25, 0.3) is 0 Å². The average molecular weight is 222 g/mol. The number of aromatic amines is 1. The predicted octanol–water partition coefficient (Wildman–Crippen LogP) is 0.656. The summed E-state index contributed by atoms with van der Waals surface area (Å²) in [4.78, 5) is 26.1. The van der Waals surface area contributed by atoms with Gasteiger partial charge in [0.2, 0.25) is 5.91 Å². The summed E-state index contributed by atoms with van der Waals surface area (Å²) >= 11 is 0. The third kappa shape index (κ3) is 4.00.